The first-order valence-electron chi connectivity index (χ1n) is 10.2. The van der Waals surface area contributed by atoms with Gasteiger partial charge >= 0.3 is 5.97 Å². The Labute approximate surface area is 180 Å². The molecule has 0 fully saturated rings. The van der Waals surface area contributed by atoms with Crippen LogP contribution in [0.5, 0.6) is 11.5 Å². The molecule has 1 amide bonds. The molecule has 7 heteroatoms. The number of para-hydroxylation sites is 1. The van der Waals surface area contributed by atoms with Crippen molar-refractivity contribution in [2.45, 2.75) is 25.7 Å². The number of amides is 1. The second kappa shape index (κ2) is 9.04. The summed E-state index contributed by atoms with van der Waals surface area (Å²) in [6, 6.07) is 12.6. The zero-order chi connectivity index (χ0) is 21.8. The lowest BCUT2D eigenvalue weighted by Gasteiger charge is -2.20. The summed E-state index contributed by atoms with van der Waals surface area (Å²) in [5.74, 6) is 0.0986. The first-order chi connectivity index (χ1) is 15.1. The molecule has 0 spiro atoms. The van der Waals surface area contributed by atoms with Crippen molar-refractivity contribution in [1.82, 2.24) is 4.98 Å². The summed E-state index contributed by atoms with van der Waals surface area (Å²) < 4.78 is 15.9. The lowest BCUT2D eigenvalue weighted by Crippen LogP contribution is -2.23. The van der Waals surface area contributed by atoms with Gasteiger partial charge in [-0.05, 0) is 49.4 Å². The first-order valence-corrected chi connectivity index (χ1v) is 10.2. The number of ether oxygens (including phenoxy) is 3. The van der Waals surface area contributed by atoms with Gasteiger partial charge in [0.2, 0.25) is 0 Å². The quantitative estimate of drug-likeness (QED) is 0.608. The van der Waals surface area contributed by atoms with Gasteiger partial charge in [0, 0.05) is 17.1 Å². The molecule has 0 saturated heterocycles. The number of rotatable bonds is 6. The molecular formula is C24H24N2O5. The van der Waals surface area contributed by atoms with Crippen LogP contribution in [0.2, 0.25) is 0 Å². The number of fused-ring (bicyclic) bond motifs is 2. The fourth-order valence-electron chi connectivity index (χ4n) is 3.90. The molecule has 31 heavy (non-hydrogen) atoms. The van der Waals surface area contributed by atoms with Gasteiger partial charge < -0.3 is 19.5 Å². The number of carbonyl (C=O) groups excluding carboxylic acids is 2. The fourth-order valence-corrected chi connectivity index (χ4v) is 3.90. The standard InChI is InChI=1S/C24H24N2O5/c1-29-15-11-12-20(21(13-15)30-2)26-22(27)14-31-24(28)23-16-7-3-5-9-18(16)25-19-10-6-4-8-17(19)23/h3,5,7,9,11-13H,4,6,8,10,14H2,1-2H3,(H,26,27). The maximum Gasteiger partial charge on any atom is 0.339 e. The molecule has 0 saturated carbocycles. The molecule has 1 aliphatic carbocycles. The molecule has 7 nitrogen and oxygen atoms in total. The normalized spacial score (nSPS) is 12.7. The number of carbonyl (C=O) groups is 2. The fraction of sp³-hybridized carbons (Fsp3) is 0.292. The SMILES string of the molecule is COc1ccc(NC(=O)COC(=O)c2c3c(nc4ccccc24)CCCC3)c(OC)c1. The lowest BCUT2D eigenvalue weighted by atomic mass is 9.90. The Morgan fingerprint density at radius 1 is 1.03 bits per heavy atom. The van der Waals surface area contributed by atoms with Crippen molar-refractivity contribution >= 4 is 28.5 Å². The zero-order valence-corrected chi connectivity index (χ0v) is 17.6. The van der Waals surface area contributed by atoms with Crippen molar-refractivity contribution in [1.29, 1.82) is 0 Å². The van der Waals surface area contributed by atoms with Crippen LogP contribution < -0.4 is 14.8 Å². The van der Waals surface area contributed by atoms with Gasteiger partial charge in [0.15, 0.2) is 6.61 Å². The van der Waals surface area contributed by atoms with Gasteiger partial charge in [-0.15, -0.1) is 0 Å². The Kier molecular flexibility index (Phi) is 6.02. The summed E-state index contributed by atoms with van der Waals surface area (Å²) in [7, 11) is 3.05. The van der Waals surface area contributed by atoms with Gasteiger partial charge in [-0.25, -0.2) is 4.79 Å². The summed E-state index contributed by atoms with van der Waals surface area (Å²) in [6.45, 7) is -0.403. The second-order valence-corrected chi connectivity index (χ2v) is 7.33. The molecule has 4 rings (SSSR count). The van der Waals surface area contributed by atoms with Crippen LogP contribution >= 0.6 is 0 Å². The van der Waals surface area contributed by atoms with Crippen LogP contribution in [0, 0.1) is 0 Å². The maximum atomic E-state index is 13.0. The van der Waals surface area contributed by atoms with Gasteiger partial charge in [0.1, 0.15) is 11.5 Å². The van der Waals surface area contributed by atoms with Gasteiger partial charge in [0.25, 0.3) is 5.91 Å². The number of nitrogens with zero attached hydrogens (tertiary/aromatic N) is 1. The predicted molar refractivity (Wildman–Crippen MR) is 117 cm³/mol. The average Bonchev–Trinajstić information content (AvgIpc) is 2.81. The van der Waals surface area contributed by atoms with Crippen LogP contribution in [-0.2, 0) is 22.4 Å². The first kappa shape index (κ1) is 20.7. The molecule has 0 atom stereocenters. The average molecular weight is 420 g/mol. The summed E-state index contributed by atoms with van der Waals surface area (Å²) >= 11 is 0. The summed E-state index contributed by atoms with van der Waals surface area (Å²) in [4.78, 5) is 30.2. The topological polar surface area (TPSA) is 86.8 Å². The van der Waals surface area contributed by atoms with Crippen LogP contribution in [0.25, 0.3) is 10.9 Å². The van der Waals surface area contributed by atoms with Gasteiger partial charge in [-0.3, -0.25) is 9.78 Å². The second-order valence-electron chi connectivity index (χ2n) is 7.33. The molecular weight excluding hydrogens is 396 g/mol. The Morgan fingerprint density at radius 3 is 2.65 bits per heavy atom. The summed E-state index contributed by atoms with van der Waals surface area (Å²) in [6.07, 6.45) is 3.69. The minimum atomic E-state index is -0.506. The molecule has 1 heterocycles. The third-order valence-corrected chi connectivity index (χ3v) is 5.39. The highest BCUT2D eigenvalue weighted by molar-refractivity contribution is 6.06. The Hall–Kier alpha value is -3.61. The maximum absolute atomic E-state index is 13.0. The van der Waals surface area contributed by atoms with E-state index in [-0.39, 0.29) is 0 Å². The number of pyridine rings is 1. The van der Waals surface area contributed by atoms with E-state index < -0.39 is 18.5 Å². The predicted octanol–water partition coefficient (Wildman–Crippen LogP) is 3.93. The van der Waals surface area contributed by atoms with E-state index in [4.69, 9.17) is 19.2 Å². The third kappa shape index (κ3) is 4.30. The van der Waals surface area contributed by atoms with Crippen LogP contribution in [0.1, 0.15) is 34.5 Å². The molecule has 3 aromatic rings. The monoisotopic (exact) mass is 420 g/mol. The minimum absolute atomic E-state index is 0.403. The Bertz CT molecular complexity index is 1140. The number of aryl methyl sites for hydroxylation is 1. The van der Waals surface area contributed by atoms with Crippen molar-refractivity contribution < 1.29 is 23.8 Å². The van der Waals surface area contributed by atoms with E-state index >= 15 is 0 Å². The number of hydrogen-bond donors (Lipinski definition) is 1. The van der Waals surface area contributed by atoms with E-state index in [0.29, 0.717) is 22.7 Å². The van der Waals surface area contributed by atoms with Crippen LogP contribution in [-0.4, -0.2) is 37.7 Å². The highest BCUT2D eigenvalue weighted by Crippen LogP contribution is 2.30. The number of aromatic nitrogens is 1. The van der Waals surface area contributed by atoms with Crippen molar-refractivity contribution in [2.75, 3.05) is 26.1 Å². The molecule has 1 N–H and O–H groups in total. The molecule has 1 aliphatic rings. The largest absolute Gasteiger partial charge is 0.497 e. The Balaban J connectivity index is 1.52. The summed E-state index contributed by atoms with van der Waals surface area (Å²) in [5.41, 5.74) is 3.64. The molecule has 1 aromatic heterocycles. The lowest BCUT2D eigenvalue weighted by molar-refractivity contribution is -0.119. The highest BCUT2D eigenvalue weighted by Gasteiger charge is 2.24. The van der Waals surface area contributed by atoms with Crippen LogP contribution in [0.3, 0.4) is 0 Å². The minimum Gasteiger partial charge on any atom is -0.497 e. The van der Waals surface area contributed by atoms with Gasteiger partial charge in [-0.1, -0.05) is 18.2 Å². The molecule has 0 radical (unpaired) electrons. The Morgan fingerprint density at radius 2 is 1.84 bits per heavy atom. The van der Waals surface area contributed by atoms with Gasteiger partial charge in [-0.2, -0.15) is 0 Å². The van der Waals surface area contributed by atoms with Crippen LogP contribution in [0.15, 0.2) is 42.5 Å². The molecule has 0 aliphatic heterocycles. The van der Waals surface area contributed by atoms with E-state index in [0.717, 1.165) is 47.8 Å². The molecule has 0 unspecified atom stereocenters. The van der Waals surface area contributed by atoms with Crippen molar-refractivity contribution in [3.63, 3.8) is 0 Å². The van der Waals surface area contributed by atoms with E-state index in [2.05, 4.69) is 5.32 Å². The van der Waals surface area contributed by atoms with Crippen molar-refractivity contribution in [3.8, 4) is 11.5 Å². The zero-order valence-electron chi connectivity index (χ0n) is 17.6. The molecule has 0 bridgehead atoms. The van der Waals surface area contributed by atoms with E-state index in [1.54, 1.807) is 25.3 Å². The number of nitrogens with one attached hydrogen (secondary N) is 1. The number of benzene rings is 2. The van der Waals surface area contributed by atoms with E-state index in [9.17, 15) is 9.59 Å². The van der Waals surface area contributed by atoms with Crippen molar-refractivity contribution in [3.05, 3.63) is 59.3 Å². The van der Waals surface area contributed by atoms with E-state index in [1.165, 1.54) is 7.11 Å². The van der Waals surface area contributed by atoms with Crippen LogP contribution in [0.4, 0.5) is 5.69 Å². The number of methoxy groups -OCH3 is 2. The van der Waals surface area contributed by atoms with Crippen molar-refractivity contribution in [2.24, 2.45) is 0 Å². The highest BCUT2D eigenvalue weighted by atomic mass is 16.5. The number of hydrogen-bond acceptors (Lipinski definition) is 6. The third-order valence-electron chi connectivity index (χ3n) is 5.39. The number of esters is 1. The number of anilines is 1. The van der Waals surface area contributed by atoms with Gasteiger partial charge in [0.05, 0.1) is 31.0 Å². The van der Waals surface area contributed by atoms with E-state index in [1.807, 2.05) is 24.3 Å². The summed E-state index contributed by atoms with van der Waals surface area (Å²) in [5, 5.41) is 3.47. The molecule has 2 aromatic carbocycles. The smallest absolute Gasteiger partial charge is 0.339 e. The molecule has 160 valence electrons.